The van der Waals surface area contributed by atoms with Crippen LogP contribution in [0.25, 0.3) is 10.6 Å². The topological polar surface area (TPSA) is 107 Å². The molecule has 0 radical (unpaired) electrons. The lowest BCUT2D eigenvalue weighted by atomic mass is 10.2. The number of thiazole rings is 1. The molecule has 2 amide bonds. The number of hydrogen-bond acceptors (Lipinski definition) is 7. The number of nitrogens with zero attached hydrogens (tertiary/aromatic N) is 3. The lowest BCUT2D eigenvalue weighted by molar-refractivity contribution is -0.123. The van der Waals surface area contributed by atoms with Gasteiger partial charge < -0.3 is 20.1 Å². The number of amides is 2. The second kappa shape index (κ2) is 9.88. The molecular weight excluding hydrogens is 406 g/mol. The third-order valence-corrected chi connectivity index (χ3v) is 4.99. The van der Waals surface area contributed by atoms with Crippen LogP contribution in [0.3, 0.4) is 0 Å². The number of benzene rings is 1. The molecule has 0 saturated heterocycles. The number of rotatable bonds is 9. The molecule has 1 aromatic carbocycles. The highest BCUT2D eigenvalue weighted by Gasteiger charge is 2.14. The van der Waals surface area contributed by atoms with Gasteiger partial charge in [0.05, 0.1) is 13.3 Å². The number of hydrogen-bond donors (Lipinski definition) is 2. The Bertz CT molecular complexity index is 1030. The van der Waals surface area contributed by atoms with Crippen LogP contribution in [0, 0.1) is 0 Å². The van der Waals surface area contributed by atoms with Gasteiger partial charge in [0, 0.05) is 37.3 Å². The predicted molar refractivity (Wildman–Crippen MR) is 113 cm³/mol. The fraction of sp³-hybridized carbons (Fsp3) is 0.300. The van der Waals surface area contributed by atoms with Crippen molar-refractivity contribution in [3.05, 3.63) is 47.2 Å². The number of carbonyl (C=O) groups excluding carboxylic acids is 2. The van der Waals surface area contributed by atoms with Crippen LogP contribution in [0.1, 0.15) is 23.0 Å². The van der Waals surface area contributed by atoms with Crippen LogP contribution in [0.2, 0.25) is 0 Å². The minimum absolute atomic E-state index is 0.0939. The zero-order valence-corrected chi connectivity index (χ0v) is 17.8. The number of aryl methyl sites for hydroxylation is 1. The summed E-state index contributed by atoms with van der Waals surface area (Å²) in [7, 11) is 3.35. The summed E-state index contributed by atoms with van der Waals surface area (Å²) in [6, 6.07) is 5.27. The van der Waals surface area contributed by atoms with E-state index in [4.69, 9.17) is 9.47 Å². The van der Waals surface area contributed by atoms with Crippen molar-refractivity contribution in [2.75, 3.05) is 20.3 Å². The van der Waals surface area contributed by atoms with Crippen molar-refractivity contribution in [3.63, 3.8) is 0 Å². The van der Waals surface area contributed by atoms with Crippen LogP contribution in [-0.2, 0) is 18.4 Å². The Morgan fingerprint density at radius 1 is 1.23 bits per heavy atom. The van der Waals surface area contributed by atoms with Gasteiger partial charge in [-0.1, -0.05) is 6.07 Å². The monoisotopic (exact) mass is 429 g/mol. The largest absolute Gasteiger partial charge is 0.493 e. The number of methoxy groups -OCH3 is 1. The summed E-state index contributed by atoms with van der Waals surface area (Å²) < 4.78 is 12.5. The first-order chi connectivity index (χ1) is 14.5. The minimum atomic E-state index is -0.267. The predicted octanol–water partition coefficient (Wildman–Crippen LogP) is 2.00. The molecule has 9 nitrogen and oxygen atoms in total. The molecule has 0 unspecified atom stereocenters. The highest BCUT2D eigenvalue weighted by Crippen LogP contribution is 2.28. The van der Waals surface area contributed by atoms with Crippen molar-refractivity contribution in [2.45, 2.75) is 13.5 Å². The molecule has 2 N–H and O–H groups in total. The van der Waals surface area contributed by atoms with E-state index < -0.39 is 0 Å². The Morgan fingerprint density at radius 3 is 2.77 bits per heavy atom. The molecule has 0 spiro atoms. The Hall–Kier alpha value is -3.40. The number of aromatic nitrogens is 3. The van der Waals surface area contributed by atoms with E-state index in [2.05, 4.69) is 20.7 Å². The molecule has 2 aromatic heterocycles. The number of ether oxygens (including phenoxy) is 2. The Balaban J connectivity index is 1.59. The number of carbonyl (C=O) groups is 2. The van der Waals surface area contributed by atoms with Gasteiger partial charge in [0.25, 0.3) is 11.8 Å². The molecule has 0 aliphatic carbocycles. The first kappa shape index (κ1) is 21.3. The van der Waals surface area contributed by atoms with Crippen molar-refractivity contribution < 1.29 is 19.1 Å². The standard InChI is InChI=1S/C20H23N5O4S/c1-4-21-18(26)11-29-16-6-5-13(7-17(16)28-3)8-22-19(27)15-12-30-20(24-15)14-9-23-25(2)10-14/h5-7,9-10,12H,4,8,11H2,1-3H3,(H,21,26)(H,22,27). The molecule has 158 valence electrons. The fourth-order valence-corrected chi connectivity index (χ4v) is 3.42. The van der Waals surface area contributed by atoms with E-state index >= 15 is 0 Å². The van der Waals surface area contributed by atoms with Gasteiger partial charge in [0.2, 0.25) is 0 Å². The summed E-state index contributed by atoms with van der Waals surface area (Å²) in [6.45, 7) is 2.59. The summed E-state index contributed by atoms with van der Waals surface area (Å²) >= 11 is 1.39. The van der Waals surface area contributed by atoms with Crippen molar-refractivity contribution in [2.24, 2.45) is 7.05 Å². The zero-order valence-electron chi connectivity index (χ0n) is 17.0. The van der Waals surface area contributed by atoms with Crippen molar-refractivity contribution in [1.82, 2.24) is 25.4 Å². The van der Waals surface area contributed by atoms with Gasteiger partial charge in [-0.25, -0.2) is 4.98 Å². The number of likely N-dealkylation sites (N-methyl/N-ethyl adjacent to an activating group) is 1. The van der Waals surface area contributed by atoms with E-state index in [1.807, 2.05) is 20.2 Å². The highest BCUT2D eigenvalue weighted by atomic mass is 32.1. The van der Waals surface area contributed by atoms with E-state index in [-0.39, 0.29) is 18.4 Å². The van der Waals surface area contributed by atoms with Gasteiger partial charge in [0.15, 0.2) is 18.1 Å². The maximum absolute atomic E-state index is 12.4. The zero-order chi connectivity index (χ0) is 21.5. The summed E-state index contributed by atoms with van der Waals surface area (Å²) in [4.78, 5) is 28.4. The van der Waals surface area contributed by atoms with Gasteiger partial charge in [-0.05, 0) is 24.6 Å². The Labute approximate surface area is 178 Å². The third-order valence-electron chi connectivity index (χ3n) is 4.10. The van der Waals surface area contributed by atoms with Crippen LogP contribution in [0.4, 0.5) is 0 Å². The highest BCUT2D eigenvalue weighted by molar-refractivity contribution is 7.13. The molecule has 30 heavy (non-hydrogen) atoms. The second-order valence-corrected chi connectivity index (χ2v) is 7.21. The minimum Gasteiger partial charge on any atom is -0.493 e. The molecule has 3 aromatic rings. The van der Waals surface area contributed by atoms with E-state index in [1.165, 1.54) is 18.4 Å². The molecule has 10 heteroatoms. The summed E-state index contributed by atoms with van der Waals surface area (Å²) in [6.07, 6.45) is 3.56. The van der Waals surface area contributed by atoms with Crippen LogP contribution < -0.4 is 20.1 Å². The molecule has 0 fully saturated rings. The van der Waals surface area contributed by atoms with Crippen molar-refractivity contribution in [3.8, 4) is 22.1 Å². The van der Waals surface area contributed by atoms with Crippen LogP contribution in [0.5, 0.6) is 11.5 Å². The molecule has 0 aliphatic rings. The first-order valence-electron chi connectivity index (χ1n) is 9.29. The Kier molecular flexibility index (Phi) is 7.02. The van der Waals surface area contributed by atoms with E-state index in [0.717, 1.165) is 16.1 Å². The molecule has 0 aliphatic heterocycles. The van der Waals surface area contributed by atoms with Gasteiger partial charge in [0.1, 0.15) is 10.7 Å². The molecule has 0 atom stereocenters. The molecule has 3 rings (SSSR count). The third kappa shape index (κ3) is 5.35. The summed E-state index contributed by atoms with van der Waals surface area (Å²) in [5, 5.41) is 12.1. The lowest BCUT2D eigenvalue weighted by Gasteiger charge is -2.12. The Morgan fingerprint density at radius 2 is 2.07 bits per heavy atom. The van der Waals surface area contributed by atoms with Crippen molar-refractivity contribution >= 4 is 23.2 Å². The van der Waals surface area contributed by atoms with Gasteiger partial charge in [-0.3, -0.25) is 14.3 Å². The van der Waals surface area contributed by atoms with Crippen LogP contribution in [-0.4, -0.2) is 46.8 Å². The van der Waals surface area contributed by atoms with Crippen LogP contribution in [0.15, 0.2) is 36.0 Å². The van der Waals surface area contributed by atoms with Gasteiger partial charge >= 0.3 is 0 Å². The number of nitrogens with one attached hydrogen (secondary N) is 2. The quantitative estimate of drug-likeness (QED) is 0.539. The van der Waals surface area contributed by atoms with E-state index in [0.29, 0.717) is 30.3 Å². The van der Waals surface area contributed by atoms with Gasteiger partial charge in [-0.2, -0.15) is 5.10 Å². The maximum atomic E-state index is 12.4. The van der Waals surface area contributed by atoms with E-state index in [1.54, 1.807) is 34.5 Å². The molecule has 0 bridgehead atoms. The maximum Gasteiger partial charge on any atom is 0.271 e. The smallest absolute Gasteiger partial charge is 0.271 e. The molecular formula is C20H23N5O4S. The summed E-state index contributed by atoms with van der Waals surface area (Å²) in [5.74, 6) is 0.472. The SMILES string of the molecule is CCNC(=O)COc1ccc(CNC(=O)c2csc(-c3cnn(C)c3)n2)cc1OC. The van der Waals surface area contributed by atoms with Crippen LogP contribution >= 0.6 is 11.3 Å². The molecule has 0 saturated carbocycles. The fourth-order valence-electron chi connectivity index (χ4n) is 2.65. The second-order valence-electron chi connectivity index (χ2n) is 6.35. The average Bonchev–Trinajstić information content (AvgIpc) is 3.40. The van der Waals surface area contributed by atoms with Crippen molar-refractivity contribution in [1.29, 1.82) is 0 Å². The normalized spacial score (nSPS) is 10.5. The first-order valence-corrected chi connectivity index (χ1v) is 10.2. The van der Waals surface area contributed by atoms with E-state index in [9.17, 15) is 9.59 Å². The summed E-state index contributed by atoms with van der Waals surface area (Å²) in [5.41, 5.74) is 2.05. The lowest BCUT2D eigenvalue weighted by Crippen LogP contribution is -2.28. The van der Waals surface area contributed by atoms with Gasteiger partial charge in [-0.15, -0.1) is 11.3 Å². The average molecular weight is 430 g/mol. The molecule has 2 heterocycles.